The van der Waals surface area contributed by atoms with Crippen molar-refractivity contribution in [2.45, 2.75) is 26.3 Å². The van der Waals surface area contributed by atoms with Crippen LogP contribution in [0.4, 0.5) is 5.69 Å². The third kappa shape index (κ3) is 4.50. The van der Waals surface area contributed by atoms with Crippen LogP contribution in [-0.4, -0.2) is 69.3 Å². The molecular formula is C20H33N3O. The number of nitrogens with zero attached hydrogens (tertiary/aromatic N) is 3. The van der Waals surface area contributed by atoms with E-state index >= 15 is 0 Å². The van der Waals surface area contributed by atoms with E-state index in [9.17, 15) is 0 Å². The summed E-state index contributed by atoms with van der Waals surface area (Å²) in [5.41, 5.74) is 2.93. The van der Waals surface area contributed by atoms with E-state index in [4.69, 9.17) is 4.74 Å². The first-order chi connectivity index (χ1) is 11.8. The zero-order valence-corrected chi connectivity index (χ0v) is 15.4. The summed E-state index contributed by atoms with van der Waals surface area (Å²) in [5, 5.41) is 0. The summed E-state index contributed by atoms with van der Waals surface area (Å²) in [7, 11) is 1.82. The van der Waals surface area contributed by atoms with Gasteiger partial charge in [-0.3, -0.25) is 4.90 Å². The second kappa shape index (κ2) is 8.84. The Bertz CT molecular complexity index is 497. The molecule has 1 atom stereocenters. The molecule has 0 amide bonds. The lowest BCUT2D eigenvalue weighted by atomic mass is 9.98. The van der Waals surface area contributed by atoms with Crippen molar-refractivity contribution < 1.29 is 4.74 Å². The molecule has 0 N–H and O–H groups in total. The number of likely N-dealkylation sites (N-methyl/N-ethyl adjacent to an activating group) is 1. The third-order valence-electron chi connectivity index (χ3n) is 5.55. The fourth-order valence-electron chi connectivity index (χ4n) is 4.17. The largest absolute Gasteiger partial charge is 0.384 e. The van der Waals surface area contributed by atoms with E-state index < -0.39 is 0 Å². The summed E-state index contributed by atoms with van der Waals surface area (Å²) in [4.78, 5) is 7.74. The predicted octanol–water partition coefficient (Wildman–Crippen LogP) is 2.69. The zero-order valence-electron chi connectivity index (χ0n) is 15.4. The molecule has 134 valence electrons. The first-order valence-electron chi connectivity index (χ1n) is 9.56. The molecule has 2 saturated heterocycles. The molecule has 2 aliphatic heterocycles. The molecule has 1 aromatic carbocycles. The Morgan fingerprint density at radius 3 is 2.58 bits per heavy atom. The first-order valence-corrected chi connectivity index (χ1v) is 9.56. The van der Waals surface area contributed by atoms with Crippen LogP contribution in [0.3, 0.4) is 0 Å². The van der Waals surface area contributed by atoms with Gasteiger partial charge in [0.2, 0.25) is 0 Å². The number of hydrogen-bond donors (Lipinski definition) is 0. The minimum absolute atomic E-state index is 0.698. The van der Waals surface area contributed by atoms with Crippen LogP contribution in [0.5, 0.6) is 0 Å². The van der Waals surface area contributed by atoms with Gasteiger partial charge in [0.25, 0.3) is 0 Å². The van der Waals surface area contributed by atoms with E-state index in [0.29, 0.717) is 5.92 Å². The monoisotopic (exact) mass is 331 g/mol. The highest BCUT2D eigenvalue weighted by Gasteiger charge is 2.22. The van der Waals surface area contributed by atoms with E-state index in [-0.39, 0.29) is 0 Å². The number of likely N-dealkylation sites (tertiary alicyclic amines) is 1. The number of anilines is 1. The minimum atomic E-state index is 0.698. The molecule has 0 radical (unpaired) electrons. The van der Waals surface area contributed by atoms with Crippen molar-refractivity contribution in [1.82, 2.24) is 9.80 Å². The lowest BCUT2D eigenvalue weighted by molar-refractivity contribution is 0.0874. The summed E-state index contributed by atoms with van der Waals surface area (Å²) in [6.07, 6.45) is 2.61. The number of piperidine rings is 1. The van der Waals surface area contributed by atoms with Crippen molar-refractivity contribution in [1.29, 1.82) is 0 Å². The lowest BCUT2D eigenvalue weighted by Gasteiger charge is -2.38. The summed E-state index contributed by atoms with van der Waals surface area (Å²) in [6.45, 7) is 12.5. The number of benzene rings is 1. The van der Waals surface area contributed by atoms with Crippen LogP contribution < -0.4 is 4.90 Å². The number of rotatable bonds is 6. The second-order valence-corrected chi connectivity index (χ2v) is 7.25. The average molecular weight is 332 g/mol. The van der Waals surface area contributed by atoms with Crippen molar-refractivity contribution in [2.75, 3.05) is 64.4 Å². The van der Waals surface area contributed by atoms with E-state index in [1.54, 1.807) is 0 Å². The molecule has 0 aliphatic carbocycles. The van der Waals surface area contributed by atoms with Crippen LogP contribution >= 0.6 is 0 Å². The molecule has 3 rings (SSSR count). The van der Waals surface area contributed by atoms with Gasteiger partial charge in [0.15, 0.2) is 0 Å². The number of hydrogen-bond acceptors (Lipinski definition) is 4. The highest BCUT2D eigenvalue weighted by molar-refractivity contribution is 5.54. The molecule has 4 heteroatoms. The molecule has 24 heavy (non-hydrogen) atoms. The third-order valence-corrected chi connectivity index (χ3v) is 5.55. The Morgan fingerprint density at radius 2 is 1.83 bits per heavy atom. The quantitative estimate of drug-likeness (QED) is 0.798. The van der Waals surface area contributed by atoms with Crippen LogP contribution in [0.15, 0.2) is 24.3 Å². The normalized spacial score (nSPS) is 23.6. The maximum atomic E-state index is 5.38. The van der Waals surface area contributed by atoms with Gasteiger partial charge in [0.05, 0.1) is 6.61 Å². The van der Waals surface area contributed by atoms with Crippen LogP contribution in [0.25, 0.3) is 0 Å². The van der Waals surface area contributed by atoms with E-state index in [1.165, 1.54) is 56.8 Å². The van der Waals surface area contributed by atoms with Crippen molar-refractivity contribution in [3.63, 3.8) is 0 Å². The molecule has 4 nitrogen and oxygen atoms in total. The van der Waals surface area contributed by atoms with Gasteiger partial charge < -0.3 is 14.5 Å². The summed E-state index contributed by atoms with van der Waals surface area (Å²) in [5.74, 6) is 0.698. The number of ether oxygens (including phenoxy) is 1. The summed E-state index contributed by atoms with van der Waals surface area (Å²) >= 11 is 0. The Morgan fingerprint density at radius 1 is 1.04 bits per heavy atom. The fraction of sp³-hybridized carbons (Fsp3) is 0.700. The molecule has 0 bridgehead atoms. The number of methoxy groups -OCH3 is 1. The van der Waals surface area contributed by atoms with Crippen LogP contribution in [0, 0.1) is 5.92 Å². The van der Waals surface area contributed by atoms with Crippen molar-refractivity contribution in [2.24, 2.45) is 5.92 Å². The van der Waals surface area contributed by atoms with Crippen LogP contribution in [0.2, 0.25) is 0 Å². The molecule has 1 aromatic rings. The first kappa shape index (κ1) is 17.7. The highest BCUT2D eigenvalue weighted by atomic mass is 16.5. The minimum Gasteiger partial charge on any atom is -0.384 e. The molecule has 0 saturated carbocycles. The standard InChI is InChI=1S/C20H33N3O/c1-3-21-11-13-23(14-12-21)20-9-5-4-8-19(20)16-22-10-6-7-18(15-22)17-24-2/h4-5,8-9,18H,3,6-7,10-17H2,1-2H3/t18-/m0/s1. The average Bonchev–Trinajstić information content (AvgIpc) is 2.63. The van der Waals surface area contributed by atoms with Gasteiger partial charge in [-0.2, -0.15) is 0 Å². The molecule has 0 unspecified atom stereocenters. The highest BCUT2D eigenvalue weighted by Crippen LogP contribution is 2.25. The van der Waals surface area contributed by atoms with Gasteiger partial charge in [0, 0.05) is 52.1 Å². The molecule has 2 heterocycles. The van der Waals surface area contributed by atoms with E-state index in [1.807, 2.05) is 7.11 Å². The molecule has 0 aromatic heterocycles. The van der Waals surface area contributed by atoms with Gasteiger partial charge in [-0.15, -0.1) is 0 Å². The molecule has 0 spiro atoms. The second-order valence-electron chi connectivity index (χ2n) is 7.25. The zero-order chi connectivity index (χ0) is 16.8. The van der Waals surface area contributed by atoms with Crippen molar-refractivity contribution in [3.8, 4) is 0 Å². The van der Waals surface area contributed by atoms with Gasteiger partial charge in [-0.1, -0.05) is 25.1 Å². The topological polar surface area (TPSA) is 19.0 Å². The molecular weight excluding hydrogens is 298 g/mol. The maximum absolute atomic E-state index is 5.38. The van der Waals surface area contributed by atoms with Gasteiger partial charge in [0.1, 0.15) is 0 Å². The Kier molecular flexibility index (Phi) is 6.52. The smallest absolute Gasteiger partial charge is 0.0502 e. The Hall–Kier alpha value is -1.10. The molecule has 2 fully saturated rings. The van der Waals surface area contributed by atoms with Gasteiger partial charge >= 0.3 is 0 Å². The van der Waals surface area contributed by atoms with Crippen LogP contribution in [-0.2, 0) is 11.3 Å². The number of para-hydroxylation sites is 1. The SMILES string of the molecule is CCN1CCN(c2ccccc2CN2CCC[C@H](COC)C2)CC1. The maximum Gasteiger partial charge on any atom is 0.0502 e. The predicted molar refractivity (Wildman–Crippen MR) is 101 cm³/mol. The van der Waals surface area contributed by atoms with Gasteiger partial charge in [-0.25, -0.2) is 0 Å². The van der Waals surface area contributed by atoms with Gasteiger partial charge in [-0.05, 0) is 43.5 Å². The van der Waals surface area contributed by atoms with E-state index in [0.717, 1.165) is 26.2 Å². The number of piperazine rings is 1. The van der Waals surface area contributed by atoms with E-state index in [2.05, 4.69) is 45.9 Å². The lowest BCUT2D eigenvalue weighted by Crippen LogP contribution is -2.46. The summed E-state index contributed by atoms with van der Waals surface area (Å²) < 4.78 is 5.38. The van der Waals surface area contributed by atoms with Crippen LogP contribution in [0.1, 0.15) is 25.3 Å². The van der Waals surface area contributed by atoms with Crippen molar-refractivity contribution in [3.05, 3.63) is 29.8 Å². The Labute approximate surface area is 147 Å². The van der Waals surface area contributed by atoms with Crippen molar-refractivity contribution >= 4 is 5.69 Å². The Balaban J connectivity index is 1.64. The fourth-order valence-corrected chi connectivity index (χ4v) is 4.17. The molecule has 2 aliphatic rings. The summed E-state index contributed by atoms with van der Waals surface area (Å²) in [6, 6.07) is 9.02.